The van der Waals surface area contributed by atoms with Crippen LogP contribution in [0.25, 0.3) is 0 Å². The first-order valence-electron chi connectivity index (χ1n) is 7.15. The van der Waals surface area contributed by atoms with Crippen LogP contribution in [0.1, 0.15) is 26.7 Å². The van der Waals surface area contributed by atoms with Gasteiger partial charge in [-0.15, -0.1) is 0 Å². The molecule has 1 aliphatic heterocycles. The van der Waals surface area contributed by atoms with Gasteiger partial charge in [0.15, 0.2) is 0 Å². The average molecular weight is 292 g/mol. The van der Waals surface area contributed by atoms with E-state index in [9.17, 15) is 0 Å². The molecule has 0 radical (unpaired) electrons. The number of nitriles is 1. The normalized spacial score (nSPS) is 18.8. The smallest absolute Gasteiger partial charge is 0.0622 e. The molecule has 1 heterocycles. The highest BCUT2D eigenvalue weighted by molar-refractivity contribution is 6.30. The molecule has 4 heteroatoms. The van der Waals surface area contributed by atoms with E-state index in [1.807, 2.05) is 12.1 Å². The van der Waals surface area contributed by atoms with E-state index in [2.05, 4.69) is 41.8 Å². The molecule has 0 aliphatic carbocycles. The van der Waals surface area contributed by atoms with Gasteiger partial charge in [-0.2, -0.15) is 5.26 Å². The number of unbranched alkanes of at least 4 members (excludes halogenated alkanes) is 1. The number of benzene rings is 1. The van der Waals surface area contributed by atoms with Crippen molar-refractivity contribution in [1.82, 2.24) is 4.90 Å². The summed E-state index contributed by atoms with van der Waals surface area (Å²) in [5, 5.41) is 9.40. The van der Waals surface area contributed by atoms with Crippen molar-refractivity contribution >= 4 is 17.3 Å². The third-order valence-corrected chi connectivity index (χ3v) is 4.13. The summed E-state index contributed by atoms with van der Waals surface area (Å²) in [5.74, 6) is 0. The second kappa shape index (κ2) is 6.47. The highest BCUT2D eigenvalue weighted by Crippen LogP contribution is 2.28. The van der Waals surface area contributed by atoms with Crippen LogP contribution in [0.4, 0.5) is 5.69 Å². The zero-order valence-corrected chi connectivity index (χ0v) is 13.0. The summed E-state index contributed by atoms with van der Waals surface area (Å²) in [5.41, 5.74) is 1.33. The molecule has 0 amide bonds. The lowest BCUT2D eigenvalue weighted by Gasteiger charge is -2.48. The van der Waals surface area contributed by atoms with Gasteiger partial charge in [0.1, 0.15) is 0 Å². The van der Waals surface area contributed by atoms with Gasteiger partial charge in [-0.1, -0.05) is 11.6 Å². The van der Waals surface area contributed by atoms with Crippen molar-refractivity contribution in [2.45, 2.75) is 32.2 Å². The topological polar surface area (TPSA) is 30.3 Å². The van der Waals surface area contributed by atoms with E-state index >= 15 is 0 Å². The minimum Gasteiger partial charge on any atom is -0.364 e. The minimum atomic E-state index is 0.0960. The van der Waals surface area contributed by atoms with Crippen LogP contribution in [0, 0.1) is 11.3 Å². The SMILES string of the molecule is CC1(C)CN(CCCC#N)CCN1c1ccc(Cl)cc1. The molecule has 0 saturated carbocycles. The fourth-order valence-electron chi connectivity index (χ4n) is 2.93. The van der Waals surface area contributed by atoms with Crippen molar-refractivity contribution < 1.29 is 0 Å². The number of piperazine rings is 1. The van der Waals surface area contributed by atoms with Gasteiger partial charge >= 0.3 is 0 Å². The zero-order valence-electron chi connectivity index (χ0n) is 12.3. The highest BCUT2D eigenvalue weighted by Gasteiger charge is 2.33. The van der Waals surface area contributed by atoms with E-state index in [4.69, 9.17) is 16.9 Å². The van der Waals surface area contributed by atoms with Crippen molar-refractivity contribution in [2.24, 2.45) is 0 Å². The fraction of sp³-hybridized carbons (Fsp3) is 0.562. The maximum absolute atomic E-state index is 8.62. The molecule has 20 heavy (non-hydrogen) atoms. The second-order valence-electron chi connectivity index (χ2n) is 5.98. The first-order chi connectivity index (χ1) is 9.53. The molecule has 1 fully saturated rings. The molecular weight excluding hydrogens is 270 g/mol. The number of rotatable bonds is 4. The Kier molecular flexibility index (Phi) is 4.91. The number of hydrogen-bond donors (Lipinski definition) is 0. The molecule has 0 bridgehead atoms. The van der Waals surface area contributed by atoms with Gasteiger partial charge in [0, 0.05) is 42.3 Å². The molecule has 0 unspecified atom stereocenters. The van der Waals surface area contributed by atoms with Gasteiger partial charge in [0.2, 0.25) is 0 Å². The Balaban J connectivity index is 2.01. The Bertz CT molecular complexity index is 475. The number of halogens is 1. The van der Waals surface area contributed by atoms with Crippen molar-refractivity contribution in [3.8, 4) is 6.07 Å². The minimum absolute atomic E-state index is 0.0960. The van der Waals surface area contributed by atoms with E-state index in [0.29, 0.717) is 6.42 Å². The van der Waals surface area contributed by atoms with Crippen LogP contribution in [-0.4, -0.2) is 36.6 Å². The lowest BCUT2D eigenvalue weighted by Crippen LogP contribution is -2.59. The van der Waals surface area contributed by atoms with Crippen LogP contribution in [0.5, 0.6) is 0 Å². The molecule has 0 atom stereocenters. The predicted octanol–water partition coefficient (Wildman–Crippen LogP) is 3.54. The molecule has 3 nitrogen and oxygen atoms in total. The maximum Gasteiger partial charge on any atom is 0.0622 e. The molecule has 0 spiro atoms. The summed E-state index contributed by atoms with van der Waals surface area (Å²) in [6, 6.07) is 10.3. The van der Waals surface area contributed by atoms with Crippen LogP contribution in [0.2, 0.25) is 5.02 Å². The molecule has 0 aromatic heterocycles. The Morgan fingerprint density at radius 1 is 1.25 bits per heavy atom. The zero-order chi connectivity index (χ0) is 14.6. The third kappa shape index (κ3) is 3.65. The standard InChI is InChI=1S/C16H22ClN3/c1-16(2)13-19(10-4-3-9-18)11-12-20(16)15-7-5-14(17)6-8-15/h5-8H,3-4,10-13H2,1-2H3. The summed E-state index contributed by atoms with van der Waals surface area (Å²) in [4.78, 5) is 4.91. The number of nitrogens with zero attached hydrogens (tertiary/aromatic N) is 3. The molecule has 0 N–H and O–H groups in total. The highest BCUT2D eigenvalue weighted by atomic mass is 35.5. The maximum atomic E-state index is 8.62. The molecule has 1 aromatic carbocycles. The third-order valence-electron chi connectivity index (χ3n) is 3.88. The van der Waals surface area contributed by atoms with Crippen molar-refractivity contribution in [2.75, 3.05) is 31.1 Å². The van der Waals surface area contributed by atoms with Crippen molar-refractivity contribution in [3.63, 3.8) is 0 Å². The number of hydrogen-bond acceptors (Lipinski definition) is 3. The largest absolute Gasteiger partial charge is 0.364 e. The molecule has 1 saturated heterocycles. The number of anilines is 1. The van der Waals surface area contributed by atoms with Crippen molar-refractivity contribution in [3.05, 3.63) is 29.3 Å². The van der Waals surface area contributed by atoms with Gasteiger partial charge < -0.3 is 4.90 Å². The van der Waals surface area contributed by atoms with Crippen molar-refractivity contribution in [1.29, 1.82) is 5.26 Å². The first kappa shape index (κ1) is 15.2. The van der Waals surface area contributed by atoms with Crippen LogP contribution in [-0.2, 0) is 0 Å². The first-order valence-corrected chi connectivity index (χ1v) is 7.53. The Morgan fingerprint density at radius 3 is 2.55 bits per heavy atom. The Hall–Kier alpha value is -1.24. The van der Waals surface area contributed by atoms with Crippen LogP contribution in [0.15, 0.2) is 24.3 Å². The quantitative estimate of drug-likeness (QED) is 0.795. The van der Waals surface area contributed by atoms with E-state index in [1.54, 1.807) is 0 Å². The molecule has 108 valence electrons. The van der Waals surface area contributed by atoms with E-state index in [1.165, 1.54) is 5.69 Å². The fourth-order valence-corrected chi connectivity index (χ4v) is 3.05. The summed E-state index contributed by atoms with van der Waals surface area (Å²) in [6.07, 6.45) is 1.62. The lowest BCUT2D eigenvalue weighted by atomic mass is 9.97. The molecule has 1 aliphatic rings. The summed E-state index contributed by atoms with van der Waals surface area (Å²) < 4.78 is 0. The Morgan fingerprint density at radius 2 is 1.95 bits per heavy atom. The monoisotopic (exact) mass is 291 g/mol. The van der Waals surface area contributed by atoms with Gasteiger partial charge in [-0.3, -0.25) is 4.90 Å². The van der Waals surface area contributed by atoms with E-state index < -0.39 is 0 Å². The molecule has 1 aromatic rings. The average Bonchev–Trinajstić information content (AvgIpc) is 2.40. The predicted molar refractivity (Wildman–Crippen MR) is 84.2 cm³/mol. The summed E-state index contributed by atoms with van der Waals surface area (Å²) >= 11 is 5.96. The van der Waals surface area contributed by atoms with Gasteiger partial charge in [0.25, 0.3) is 0 Å². The summed E-state index contributed by atoms with van der Waals surface area (Å²) in [6.45, 7) is 8.67. The van der Waals surface area contributed by atoms with Crippen LogP contribution >= 0.6 is 11.6 Å². The second-order valence-corrected chi connectivity index (χ2v) is 6.41. The van der Waals surface area contributed by atoms with E-state index in [0.717, 1.165) is 37.6 Å². The van der Waals surface area contributed by atoms with E-state index in [-0.39, 0.29) is 5.54 Å². The van der Waals surface area contributed by atoms with Gasteiger partial charge in [-0.05, 0) is 51.1 Å². The Labute approximate surface area is 126 Å². The molecular formula is C16H22ClN3. The summed E-state index contributed by atoms with van der Waals surface area (Å²) in [7, 11) is 0. The van der Waals surface area contributed by atoms with Crippen LogP contribution < -0.4 is 4.90 Å². The molecule has 2 rings (SSSR count). The lowest BCUT2D eigenvalue weighted by molar-refractivity contribution is 0.182. The van der Waals surface area contributed by atoms with Crippen LogP contribution in [0.3, 0.4) is 0 Å². The van der Waals surface area contributed by atoms with Gasteiger partial charge in [-0.25, -0.2) is 0 Å². The van der Waals surface area contributed by atoms with Gasteiger partial charge in [0.05, 0.1) is 6.07 Å².